The first-order valence-electron chi connectivity index (χ1n) is 4.58. The first-order valence-corrected chi connectivity index (χ1v) is 6.45. The van der Waals surface area contributed by atoms with Crippen molar-refractivity contribution in [2.45, 2.75) is 39.4 Å². The molecule has 2 nitrogen and oxygen atoms in total. The lowest BCUT2D eigenvalue weighted by molar-refractivity contribution is 0.461. The van der Waals surface area contributed by atoms with E-state index >= 15 is 0 Å². The van der Waals surface area contributed by atoms with E-state index in [1.54, 1.807) is 0 Å². The zero-order chi connectivity index (χ0) is 12.3. The second-order valence-corrected chi connectivity index (χ2v) is 6.58. The predicted molar refractivity (Wildman–Crippen MR) is 68.4 cm³/mol. The number of allylic oxidation sites excluding steroid dienone is 1. The Morgan fingerprint density at radius 2 is 1.47 bits per heavy atom. The van der Waals surface area contributed by atoms with Crippen LogP contribution in [0.3, 0.4) is 0 Å². The van der Waals surface area contributed by atoms with Crippen LogP contribution in [0, 0.1) is 28.1 Å². The molecule has 0 bridgehead atoms. The molecule has 4 heteroatoms. The van der Waals surface area contributed by atoms with E-state index in [0.717, 1.165) is 5.57 Å². The summed E-state index contributed by atoms with van der Waals surface area (Å²) in [6.45, 7) is 9.95. The number of rotatable bonds is 2. The van der Waals surface area contributed by atoms with Crippen LogP contribution in [0.5, 0.6) is 0 Å². The minimum atomic E-state index is -0.317. The summed E-state index contributed by atoms with van der Waals surface area (Å²) in [5.41, 5.74) is 0.842. The maximum absolute atomic E-state index is 8.95. The minimum Gasteiger partial charge on any atom is -0.192 e. The van der Waals surface area contributed by atoms with Crippen molar-refractivity contribution >= 4 is 22.5 Å². The molecule has 0 aliphatic rings. The molecule has 0 N–H and O–H groups in total. The smallest absolute Gasteiger partial charge is 0.130 e. The van der Waals surface area contributed by atoms with Gasteiger partial charge >= 0.3 is 0 Å². The summed E-state index contributed by atoms with van der Waals surface area (Å²) < 4.78 is -0.317. The van der Waals surface area contributed by atoms with E-state index < -0.39 is 0 Å². The lowest BCUT2D eigenvalue weighted by Gasteiger charge is -2.34. The number of thiol groups is 1. The van der Waals surface area contributed by atoms with Crippen molar-refractivity contribution < 1.29 is 0 Å². The Labute approximate surface area is 101 Å². The first-order chi connectivity index (χ1) is 6.70. The van der Waals surface area contributed by atoms with Gasteiger partial charge in [0.15, 0.2) is 0 Å². The fourth-order valence-electron chi connectivity index (χ4n) is 1.76. The van der Waals surface area contributed by atoms with Gasteiger partial charge in [0.05, 0.1) is 0 Å². The van der Waals surface area contributed by atoms with Crippen molar-refractivity contribution in [3.8, 4) is 12.1 Å². The molecule has 0 aromatic rings. The lowest BCUT2D eigenvalue weighted by atomic mass is 9.77. The van der Waals surface area contributed by atoms with Crippen molar-refractivity contribution in [1.82, 2.24) is 0 Å². The number of nitriles is 2. The molecule has 0 saturated carbocycles. The molecule has 0 aromatic heterocycles. The molecule has 0 rings (SSSR count). The molecule has 15 heavy (non-hydrogen) atoms. The van der Waals surface area contributed by atoms with Gasteiger partial charge in [-0.05, 0) is 24.8 Å². The summed E-state index contributed by atoms with van der Waals surface area (Å²) in [6.07, 6.45) is 0. The van der Waals surface area contributed by atoms with Gasteiger partial charge in [0.1, 0.15) is 17.7 Å². The summed E-state index contributed by atoms with van der Waals surface area (Å²) in [4.78, 5) is 0. The van der Waals surface area contributed by atoms with E-state index in [1.807, 2.05) is 46.8 Å². The normalized spacial score (nSPS) is 11.5. The van der Waals surface area contributed by atoms with Crippen LogP contribution in [0.1, 0.15) is 34.6 Å². The van der Waals surface area contributed by atoms with Crippen molar-refractivity contribution in [2.75, 3.05) is 0 Å². The maximum Gasteiger partial charge on any atom is 0.130 e. The Hall–Kier alpha value is -0.580. The Bertz CT molecular complexity index is 332. The molecule has 0 fully saturated rings. The van der Waals surface area contributed by atoms with E-state index in [1.165, 1.54) is 10.8 Å². The fourth-order valence-corrected chi connectivity index (χ4v) is 2.53. The van der Waals surface area contributed by atoms with Crippen LogP contribution < -0.4 is 0 Å². The van der Waals surface area contributed by atoms with Gasteiger partial charge < -0.3 is 0 Å². The molecule has 0 spiro atoms. The number of hydrogen-bond donors (Lipinski definition) is 1. The summed E-state index contributed by atoms with van der Waals surface area (Å²) in [6, 6.07) is 3.94. The Balaban J connectivity index is 5.82. The van der Waals surface area contributed by atoms with Crippen LogP contribution in [0.25, 0.3) is 0 Å². The quantitative estimate of drug-likeness (QED) is 0.454. The predicted octanol–water partition coefficient (Wildman–Crippen LogP) is 3.73. The molecule has 0 saturated heterocycles. The van der Waals surface area contributed by atoms with Crippen molar-refractivity contribution in [2.24, 2.45) is 5.41 Å². The third-order valence-electron chi connectivity index (χ3n) is 2.05. The second kappa shape index (κ2) is 4.96. The van der Waals surface area contributed by atoms with Gasteiger partial charge in [-0.15, -0.1) is 11.7 Å². The number of nitrogens with zero attached hydrogens (tertiary/aromatic N) is 2. The lowest BCUT2D eigenvalue weighted by Crippen LogP contribution is -2.28. The highest BCUT2D eigenvalue weighted by Gasteiger charge is 2.34. The Kier molecular flexibility index (Phi) is 4.77. The molecule has 0 amide bonds. The molecular formula is C11H16N2S2. The monoisotopic (exact) mass is 240 g/mol. The summed E-state index contributed by atoms with van der Waals surface area (Å²) in [5, 5.41) is 17.9. The average Bonchev–Trinajstić information content (AvgIpc) is 2.11. The highest BCUT2D eigenvalue weighted by molar-refractivity contribution is 8.69. The van der Waals surface area contributed by atoms with Crippen molar-refractivity contribution in [3.05, 3.63) is 11.1 Å². The second-order valence-electron chi connectivity index (χ2n) is 4.83. The van der Waals surface area contributed by atoms with E-state index in [2.05, 4.69) is 11.7 Å². The Morgan fingerprint density at radius 3 is 1.67 bits per heavy atom. The molecule has 0 unspecified atom stereocenters. The van der Waals surface area contributed by atoms with Gasteiger partial charge in [-0.25, -0.2) is 0 Å². The topological polar surface area (TPSA) is 47.6 Å². The first kappa shape index (κ1) is 14.4. The SMILES string of the molecule is CC(C)(C)C(=C(C#N)C#N)C(C)(C)SS. The molecular weight excluding hydrogens is 224 g/mol. The van der Waals surface area contributed by atoms with E-state index in [0.29, 0.717) is 0 Å². The van der Waals surface area contributed by atoms with Gasteiger partial charge in [0.25, 0.3) is 0 Å². The zero-order valence-electron chi connectivity index (χ0n) is 9.75. The number of hydrogen-bond acceptors (Lipinski definition) is 4. The summed E-state index contributed by atoms with van der Waals surface area (Å²) in [5.74, 6) is 0. The van der Waals surface area contributed by atoms with Crippen molar-refractivity contribution in [3.63, 3.8) is 0 Å². The van der Waals surface area contributed by atoms with Gasteiger partial charge in [0, 0.05) is 4.75 Å². The van der Waals surface area contributed by atoms with Gasteiger partial charge in [-0.2, -0.15) is 10.5 Å². The highest BCUT2D eigenvalue weighted by atomic mass is 33.1. The molecule has 0 aromatic carbocycles. The molecule has 82 valence electrons. The zero-order valence-corrected chi connectivity index (χ0v) is 11.5. The molecule has 0 atom stereocenters. The van der Waals surface area contributed by atoms with Gasteiger partial charge in [-0.3, -0.25) is 0 Å². The third-order valence-corrected chi connectivity index (χ3v) is 4.08. The van der Waals surface area contributed by atoms with E-state index in [4.69, 9.17) is 10.5 Å². The maximum atomic E-state index is 8.95. The van der Waals surface area contributed by atoms with E-state index in [-0.39, 0.29) is 15.7 Å². The van der Waals surface area contributed by atoms with Gasteiger partial charge in [0.2, 0.25) is 0 Å². The van der Waals surface area contributed by atoms with Crippen LogP contribution >= 0.6 is 22.5 Å². The molecule has 0 radical (unpaired) electrons. The van der Waals surface area contributed by atoms with Gasteiger partial charge in [-0.1, -0.05) is 31.6 Å². The van der Waals surface area contributed by atoms with Crippen LogP contribution in [0.15, 0.2) is 11.1 Å². The van der Waals surface area contributed by atoms with Crippen LogP contribution in [-0.4, -0.2) is 4.75 Å². The Morgan fingerprint density at radius 1 is 1.07 bits per heavy atom. The van der Waals surface area contributed by atoms with E-state index in [9.17, 15) is 0 Å². The largest absolute Gasteiger partial charge is 0.192 e. The highest BCUT2D eigenvalue weighted by Crippen LogP contribution is 2.45. The molecule has 0 heterocycles. The van der Waals surface area contributed by atoms with Crippen LogP contribution in [0.4, 0.5) is 0 Å². The van der Waals surface area contributed by atoms with Crippen molar-refractivity contribution in [1.29, 1.82) is 10.5 Å². The summed E-state index contributed by atoms with van der Waals surface area (Å²) in [7, 11) is 1.36. The standard InChI is InChI=1S/C11H16N2S2/c1-10(2,3)9(8(6-12)7-13)11(4,5)15-14/h14H,1-5H3. The van der Waals surface area contributed by atoms with Crippen LogP contribution in [0.2, 0.25) is 0 Å². The molecule has 0 aliphatic carbocycles. The molecule has 0 aliphatic heterocycles. The average molecular weight is 240 g/mol. The fraction of sp³-hybridized carbons (Fsp3) is 0.636. The third kappa shape index (κ3) is 3.48. The van der Waals surface area contributed by atoms with Crippen LogP contribution in [-0.2, 0) is 0 Å². The minimum absolute atomic E-state index is 0.203. The summed E-state index contributed by atoms with van der Waals surface area (Å²) >= 11 is 4.21.